The van der Waals surface area contributed by atoms with Crippen LogP contribution in [0.15, 0.2) is 0 Å². The number of halogens is 1. The minimum Gasteiger partial charge on any atom is -0.481 e. The molecule has 0 amide bonds. The van der Waals surface area contributed by atoms with E-state index in [4.69, 9.17) is 5.11 Å². The molecule has 0 spiro atoms. The molecule has 0 bridgehead atoms. The Hall–Kier alpha value is -0.600. The summed E-state index contributed by atoms with van der Waals surface area (Å²) < 4.78 is 12.9. The molecule has 1 rings (SSSR count). The number of alkyl halides is 1. The van der Waals surface area contributed by atoms with Crippen molar-refractivity contribution in [3.05, 3.63) is 0 Å². The molecule has 2 atom stereocenters. The Morgan fingerprint density at radius 1 is 1.45 bits per heavy atom. The first-order valence-electron chi connectivity index (χ1n) is 4.06. The van der Waals surface area contributed by atoms with Gasteiger partial charge >= 0.3 is 5.97 Å². The molecule has 2 nitrogen and oxygen atoms in total. The number of carboxylic acid groups (broad SMARTS) is 1. The third-order valence-corrected chi connectivity index (χ3v) is 2.25. The minimum atomic E-state index is -0.875. The zero-order valence-corrected chi connectivity index (χ0v) is 6.42. The quantitative estimate of drug-likeness (QED) is 0.670. The van der Waals surface area contributed by atoms with Crippen LogP contribution in [-0.2, 0) is 4.79 Å². The van der Waals surface area contributed by atoms with Crippen LogP contribution in [0.5, 0.6) is 0 Å². The second-order valence-electron chi connectivity index (χ2n) is 3.16. The normalized spacial score (nSPS) is 31.7. The van der Waals surface area contributed by atoms with E-state index in [2.05, 4.69) is 0 Å². The molecule has 0 saturated heterocycles. The van der Waals surface area contributed by atoms with Gasteiger partial charge in [-0.05, 0) is 12.8 Å². The first-order chi connectivity index (χ1) is 5.20. The monoisotopic (exact) mass is 160 g/mol. The van der Waals surface area contributed by atoms with Crippen molar-refractivity contribution in [1.29, 1.82) is 0 Å². The van der Waals surface area contributed by atoms with Gasteiger partial charge in [-0.25, -0.2) is 4.39 Å². The second kappa shape index (κ2) is 3.69. The zero-order valence-electron chi connectivity index (χ0n) is 6.42. The van der Waals surface area contributed by atoms with Gasteiger partial charge in [0.05, 0.1) is 6.42 Å². The number of aliphatic carboxylic acids is 1. The molecule has 1 aliphatic carbocycles. The standard InChI is InChI=1S/C8H13FO2/c9-7-4-2-1-3-6(7)5-8(10)11/h6-7H,1-5H2,(H,10,11)/t6-,7-/m0/s1. The zero-order chi connectivity index (χ0) is 8.27. The molecular weight excluding hydrogens is 147 g/mol. The molecule has 0 heterocycles. The number of carbonyl (C=O) groups is 1. The van der Waals surface area contributed by atoms with E-state index in [0.717, 1.165) is 19.3 Å². The second-order valence-corrected chi connectivity index (χ2v) is 3.16. The summed E-state index contributed by atoms with van der Waals surface area (Å²) in [5.74, 6) is -1.10. The number of hydrogen-bond donors (Lipinski definition) is 1. The van der Waals surface area contributed by atoms with Gasteiger partial charge in [-0.15, -0.1) is 0 Å². The van der Waals surface area contributed by atoms with Crippen LogP contribution in [0.2, 0.25) is 0 Å². The van der Waals surface area contributed by atoms with Gasteiger partial charge in [0, 0.05) is 5.92 Å². The molecule has 1 fully saturated rings. The molecule has 1 aliphatic rings. The van der Waals surface area contributed by atoms with E-state index in [1.807, 2.05) is 0 Å². The van der Waals surface area contributed by atoms with E-state index in [0.29, 0.717) is 6.42 Å². The lowest BCUT2D eigenvalue weighted by Gasteiger charge is -2.23. The fraction of sp³-hybridized carbons (Fsp3) is 0.875. The number of hydrogen-bond acceptors (Lipinski definition) is 1. The van der Waals surface area contributed by atoms with Crippen molar-refractivity contribution in [1.82, 2.24) is 0 Å². The largest absolute Gasteiger partial charge is 0.481 e. The highest BCUT2D eigenvalue weighted by Crippen LogP contribution is 2.29. The van der Waals surface area contributed by atoms with Crippen molar-refractivity contribution in [3.8, 4) is 0 Å². The third kappa shape index (κ3) is 2.48. The number of rotatable bonds is 2. The van der Waals surface area contributed by atoms with Gasteiger partial charge in [-0.1, -0.05) is 12.8 Å². The van der Waals surface area contributed by atoms with E-state index in [1.54, 1.807) is 0 Å². The predicted octanol–water partition coefficient (Wildman–Crippen LogP) is 1.99. The van der Waals surface area contributed by atoms with Crippen LogP contribution in [-0.4, -0.2) is 17.2 Å². The summed E-state index contributed by atoms with van der Waals surface area (Å²) in [5, 5.41) is 8.42. The summed E-state index contributed by atoms with van der Waals surface area (Å²) in [4.78, 5) is 10.2. The molecular formula is C8H13FO2. The molecule has 0 aromatic heterocycles. The molecule has 0 radical (unpaired) electrons. The van der Waals surface area contributed by atoms with Gasteiger partial charge in [0.1, 0.15) is 6.17 Å². The van der Waals surface area contributed by atoms with Gasteiger partial charge < -0.3 is 5.11 Å². The maximum atomic E-state index is 12.9. The Balaban J connectivity index is 2.35. The summed E-state index contributed by atoms with van der Waals surface area (Å²) in [7, 11) is 0. The van der Waals surface area contributed by atoms with E-state index < -0.39 is 12.1 Å². The van der Waals surface area contributed by atoms with Gasteiger partial charge in [-0.2, -0.15) is 0 Å². The molecule has 0 unspecified atom stereocenters. The van der Waals surface area contributed by atoms with E-state index in [9.17, 15) is 9.18 Å². The van der Waals surface area contributed by atoms with Crippen LogP contribution < -0.4 is 0 Å². The first-order valence-corrected chi connectivity index (χ1v) is 4.06. The van der Waals surface area contributed by atoms with Crippen LogP contribution in [0, 0.1) is 5.92 Å². The highest BCUT2D eigenvalue weighted by atomic mass is 19.1. The molecule has 11 heavy (non-hydrogen) atoms. The van der Waals surface area contributed by atoms with Crippen molar-refractivity contribution in [3.63, 3.8) is 0 Å². The molecule has 1 N–H and O–H groups in total. The van der Waals surface area contributed by atoms with Crippen molar-refractivity contribution < 1.29 is 14.3 Å². The van der Waals surface area contributed by atoms with Crippen LogP contribution in [0.4, 0.5) is 4.39 Å². The maximum absolute atomic E-state index is 12.9. The Kier molecular flexibility index (Phi) is 2.85. The van der Waals surface area contributed by atoms with E-state index in [-0.39, 0.29) is 12.3 Å². The molecule has 64 valence electrons. The Bertz CT molecular complexity index is 147. The molecule has 0 aromatic carbocycles. The van der Waals surface area contributed by atoms with Crippen LogP contribution in [0.1, 0.15) is 32.1 Å². The lowest BCUT2D eigenvalue weighted by Crippen LogP contribution is -2.23. The predicted molar refractivity (Wildman–Crippen MR) is 39.1 cm³/mol. The number of carboxylic acids is 1. The summed E-state index contributed by atoms with van der Waals surface area (Å²) >= 11 is 0. The van der Waals surface area contributed by atoms with Crippen molar-refractivity contribution >= 4 is 5.97 Å². The summed E-state index contributed by atoms with van der Waals surface area (Å²) in [6, 6.07) is 0. The van der Waals surface area contributed by atoms with Gasteiger partial charge in [0.2, 0.25) is 0 Å². The van der Waals surface area contributed by atoms with Crippen LogP contribution >= 0.6 is 0 Å². The highest BCUT2D eigenvalue weighted by molar-refractivity contribution is 5.67. The van der Waals surface area contributed by atoms with Crippen molar-refractivity contribution in [2.24, 2.45) is 5.92 Å². The third-order valence-electron chi connectivity index (χ3n) is 2.25. The van der Waals surface area contributed by atoms with E-state index >= 15 is 0 Å². The summed E-state index contributed by atoms with van der Waals surface area (Å²) in [5.41, 5.74) is 0. The fourth-order valence-corrected chi connectivity index (χ4v) is 1.62. The van der Waals surface area contributed by atoms with Crippen LogP contribution in [0.25, 0.3) is 0 Å². The average molecular weight is 160 g/mol. The molecule has 1 saturated carbocycles. The SMILES string of the molecule is O=C(O)C[C@@H]1CCCC[C@@H]1F. The first kappa shape index (κ1) is 8.50. The Morgan fingerprint density at radius 3 is 2.64 bits per heavy atom. The molecule has 0 aromatic rings. The lowest BCUT2D eigenvalue weighted by atomic mass is 9.85. The summed E-state index contributed by atoms with van der Waals surface area (Å²) in [6.45, 7) is 0. The maximum Gasteiger partial charge on any atom is 0.303 e. The average Bonchev–Trinajstić information content (AvgIpc) is 1.93. The van der Waals surface area contributed by atoms with Gasteiger partial charge in [0.25, 0.3) is 0 Å². The highest BCUT2D eigenvalue weighted by Gasteiger charge is 2.26. The van der Waals surface area contributed by atoms with Gasteiger partial charge in [-0.3, -0.25) is 4.79 Å². The van der Waals surface area contributed by atoms with Crippen LogP contribution in [0.3, 0.4) is 0 Å². The van der Waals surface area contributed by atoms with Crippen molar-refractivity contribution in [2.75, 3.05) is 0 Å². The minimum absolute atomic E-state index is 0.00116. The Morgan fingerprint density at radius 2 is 2.09 bits per heavy atom. The molecule has 3 heteroatoms. The Labute approximate surface area is 65.4 Å². The fourth-order valence-electron chi connectivity index (χ4n) is 1.62. The van der Waals surface area contributed by atoms with E-state index in [1.165, 1.54) is 0 Å². The smallest absolute Gasteiger partial charge is 0.303 e. The topological polar surface area (TPSA) is 37.3 Å². The summed E-state index contributed by atoms with van der Waals surface area (Å²) in [6.07, 6.45) is 2.32. The van der Waals surface area contributed by atoms with Crippen molar-refractivity contribution in [2.45, 2.75) is 38.3 Å². The molecule has 0 aliphatic heterocycles. The van der Waals surface area contributed by atoms with Gasteiger partial charge in [0.15, 0.2) is 0 Å². The lowest BCUT2D eigenvalue weighted by molar-refractivity contribution is -0.139.